The average molecular weight is 243 g/mol. The quantitative estimate of drug-likeness (QED) is 0.690. The Hall–Kier alpha value is -0.180. The molecule has 1 N–H and O–H groups in total. The Morgan fingerprint density at radius 3 is 2.38 bits per heavy atom. The number of carbonyl (C=O) groups is 1. The number of carbonyl (C=O) groups excluding carboxylic acids is 1. The summed E-state index contributed by atoms with van der Waals surface area (Å²) in [6, 6.07) is 0. The van der Waals surface area contributed by atoms with E-state index in [0.29, 0.717) is 12.3 Å². The molecule has 1 fully saturated rings. The summed E-state index contributed by atoms with van der Waals surface area (Å²) in [7, 11) is 0. The van der Waals surface area contributed by atoms with Crippen LogP contribution < -0.4 is 5.32 Å². The van der Waals surface area contributed by atoms with Crippen molar-refractivity contribution in [3.63, 3.8) is 0 Å². The maximum Gasteiger partial charge on any atom is 0.220 e. The average Bonchev–Trinajstić information content (AvgIpc) is 2.95. The molecule has 16 heavy (non-hydrogen) atoms. The van der Waals surface area contributed by atoms with Gasteiger partial charge in [0.2, 0.25) is 5.91 Å². The molecule has 0 atom stereocenters. The van der Waals surface area contributed by atoms with Crippen molar-refractivity contribution in [1.29, 1.82) is 0 Å². The van der Waals surface area contributed by atoms with Gasteiger partial charge in [-0.1, -0.05) is 27.7 Å². The monoisotopic (exact) mass is 243 g/mol. The number of hydrogen-bond donors (Lipinski definition) is 2. The third-order valence-electron chi connectivity index (χ3n) is 4.13. The van der Waals surface area contributed by atoms with E-state index in [0.717, 1.165) is 25.1 Å². The highest BCUT2D eigenvalue weighted by molar-refractivity contribution is 7.80. The van der Waals surface area contributed by atoms with E-state index in [1.165, 1.54) is 0 Å². The van der Waals surface area contributed by atoms with Crippen LogP contribution in [0.15, 0.2) is 0 Å². The summed E-state index contributed by atoms with van der Waals surface area (Å²) in [5.41, 5.74) is 0.405. The number of thiol groups is 1. The first-order valence-electron chi connectivity index (χ1n) is 6.19. The maximum absolute atomic E-state index is 11.8. The van der Waals surface area contributed by atoms with Gasteiger partial charge >= 0.3 is 0 Å². The molecule has 0 aliphatic heterocycles. The molecule has 1 saturated carbocycles. The molecule has 2 nitrogen and oxygen atoms in total. The number of amides is 1. The highest BCUT2D eigenvalue weighted by atomic mass is 32.1. The van der Waals surface area contributed by atoms with E-state index in [1.807, 2.05) is 0 Å². The van der Waals surface area contributed by atoms with Crippen LogP contribution in [0.2, 0.25) is 0 Å². The van der Waals surface area contributed by atoms with Crippen LogP contribution in [0.5, 0.6) is 0 Å². The molecule has 0 radical (unpaired) electrons. The van der Waals surface area contributed by atoms with Gasteiger partial charge in [0, 0.05) is 13.0 Å². The summed E-state index contributed by atoms with van der Waals surface area (Å²) in [4.78, 5) is 11.8. The van der Waals surface area contributed by atoms with Gasteiger partial charge in [0.1, 0.15) is 0 Å². The van der Waals surface area contributed by atoms with Crippen molar-refractivity contribution in [3.05, 3.63) is 0 Å². The van der Waals surface area contributed by atoms with Crippen LogP contribution in [0.3, 0.4) is 0 Å². The van der Waals surface area contributed by atoms with Gasteiger partial charge in [0.25, 0.3) is 0 Å². The molecule has 0 heterocycles. The first-order chi connectivity index (χ1) is 7.31. The lowest BCUT2D eigenvalue weighted by atomic mass is 9.81. The summed E-state index contributed by atoms with van der Waals surface area (Å²) in [5, 5.41) is 3.06. The second kappa shape index (κ2) is 4.99. The largest absolute Gasteiger partial charge is 0.356 e. The van der Waals surface area contributed by atoms with Gasteiger partial charge in [-0.3, -0.25) is 4.79 Å². The van der Waals surface area contributed by atoms with E-state index in [2.05, 4.69) is 45.6 Å². The zero-order chi connectivity index (χ0) is 12.4. The van der Waals surface area contributed by atoms with E-state index >= 15 is 0 Å². The van der Waals surface area contributed by atoms with Crippen LogP contribution in [-0.2, 0) is 4.79 Å². The van der Waals surface area contributed by atoms with Crippen molar-refractivity contribution in [2.45, 2.75) is 47.0 Å². The van der Waals surface area contributed by atoms with Crippen LogP contribution in [-0.4, -0.2) is 18.2 Å². The van der Waals surface area contributed by atoms with Gasteiger partial charge in [0.15, 0.2) is 0 Å². The lowest BCUT2D eigenvalue weighted by Gasteiger charge is -2.29. The molecule has 0 aromatic carbocycles. The second-order valence-corrected chi connectivity index (χ2v) is 6.57. The van der Waals surface area contributed by atoms with Gasteiger partial charge in [-0.2, -0.15) is 12.6 Å². The van der Waals surface area contributed by atoms with Crippen LogP contribution >= 0.6 is 12.6 Å². The Morgan fingerprint density at radius 2 is 2.00 bits per heavy atom. The molecule has 0 unspecified atom stereocenters. The van der Waals surface area contributed by atoms with Crippen molar-refractivity contribution >= 4 is 18.5 Å². The standard InChI is InChI=1S/C13H25NOS/c1-10(2)12(3,4)8-14-11(15)7-13(9-16)5-6-13/h10,16H,5-9H2,1-4H3,(H,14,15). The van der Waals surface area contributed by atoms with E-state index in [9.17, 15) is 4.79 Å². The van der Waals surface area contributed by atoms with Crippen molar-refractivity contribution in [1.82, 2.24) is 5.32 Å². The molecule has 3 heteroatoms. The molecule has 1 aliphatic rings. The van der Waals surface area contributed by atoms with Crippen molar-refractivity contribution in [2.75, 3.05) is 12.3 Å². The predicted molar refractivity (Wildman–Crippen MR) is 71.8 cm³/mol. The van der Waals surface area contributed by atoms with Gasteiger partial charge < -0.3 is 5.32 Å². The summed E-state index contributed by atoms with van der Waals surface area (Å²) < 4.78 is 0. The van der Waals surface area contributed by atoms with Crippen LogP contribution in [0.4, 0.5) is 0 Å². The van der Waals surface area contributed by atoms with E-state index < -0.39 is 0 Å². The Balaban J connectivity index is 2.30. The fraction of sp³-hybridized carbons (Fsp3) is 0.923. The third-order valence-corrected chi connectivity index (χ3v) is 4.80. The molecule has 0 aromatic heterocycles. The van der Waals surface area contributed by atoms with E-state index in [1.54, 1.807) is 0 Å². The zero-order valence-corrected chi connectivity index (χ0v) is 11.9. The lowest BCUT2D eigenvalue weighted by Crippen LogP contribution is -2.37. The minimum absolute atomic E-state index is 0.174. The fourth-order valence-electron chi connectivity index (χ4n) is 1.50. The Morgan fingerprint density at radius 1 is 1.44 bits per heavy atom. The van der Waals surface area contributed by atoms with Gasteiger partial charge in [0.05, 0.1) is 0 Å². The zero-order valence-electron chi connectivity index (χ0n) is 11.0. The molecule has 1 rings (SSSR count). The van der Waals surface area contributed by atoms with Crippen molar-refractivity contribution in [2.24, 2.45) is 16.7 Å². The fourth-order valence-corrected chi connectivity index (χ4v) is 1.93. The molecule has 1 aliphatic carbocycles. The third kappa shape index (κ3) is 3.69. The molecule has 0 bridgehead atoms. The van der Waals surface area contributed by atoms with E-state index in [-0.39, 0.29) is 16.7 Å². The Kier molecular flexibility index (Phi) is 4.33. The normalized spacial score (nSPS) is 18.6. The number of hydrogen-bond acceptors (Lipinski definition) is 2. The van der Waals surface area contributed by atoms with Gasteiger partial charge in [-0.15, -0.1) is 0 Å². The summed E-state index contributed by atoms with van der Waals surface area (Å²) in [5.74, 6) is 1.61. The van der Waals surface area contributed by atoms with E-state index in [4.69, 9.17) is 0 Å². The van der Waals surface area contributed by atoms with Crippen LogP contribution in [0, 0.1) is 16.7 Å². The predicted octanol–water partition coefficient (Wildman–Crippen LogP) is 2.88. The highest BCUT2D eigenvalue weighted by Gasteiger charge is 2.42. The topological polar surface area (TPSA) is 29.1 Å². The first kappa shape index (κ1) is 13.9. The molecule has 0 spiro atoms. The van der Waals surface area contributed by atoms with Crippen molar-refractivity contribution in [3.8, 4) is 0 Å². The maximum atomic E-state index is 11.8. The SMILES string of the molecule is CC(C)C(C)(C)CNC(=O)CC1(CS)CC1. The molecule has 94 valence electrons. The molecular weight excluding hydrogens is 218 g/mol. The summed E-state index contributed by atoms with van der Waals surface area (Å²) in [6.07, 6.45) is 2.99. The van der Waals surface area contributed by atoms with Crippen LogP contribution in [0.1, 0.15) is 47.0 Å². The van der Waals surface area contributed by atoms with Crippen LogP contribution in [0.25, 0.3) is 0 Å². The van der Waals surface area contributed by atoms with Gasteiger partial charge in [-0.25, -0.2) is 0 Å². The first-order valence-corrected chi connectivity index (χ1v) is 6.82. The molecule has 0 saturated heterocycles. The second-order valence-electron chi connectivity index (χ2n) is 6.25. The summed E-state index contributed by atoms with van der Waals surface area (Å²) >= 11 is 4.32. The molecular formula is C13H25NOS. The number of rotatable bonds is 6. The minimum Gasteiger partial charge on any atom is -0.356 e. The summed E-state index contributed by atoms with van der Waals surface area (Å²) in [6.45, 7) is 9.56. The number of nitrogens with one attached hydrogen (secondary N) is 1. The Bertz CT molecular complexity index is 257. The smallest absolute Gasteiger partial charge is 0.220 e. The lowest BCUT2D eigenvalue weighted by molar-refractivity contribution is -0.122. The minimum atomic E-state index is 0.174. The van der Waals surface area contributed by atoms with Gasteiger partial charge in [-0.05, 0) is 35.3 Å². The molecule has 1 amide bonds. The van der Waals surface area contributed by atoms with Crippen molar-refractivity contribution < 1.29 is 4.79 Å². The molecule has 0 aromatic rings. The Labute approximate surface area is 105 Å². The highest BCUT2D eigenvalue weighted by Crippen LogP contribution is 2.49.